The van der Waals surface area contributed by atoms with Gasteiger partial charge < -0.3 is 20.8 Å². The van der Waals surface area contributed by atoms with Crippen molar-refractivity contribution in [2.75, 3.05) is 39.8 Å². The second-order valence-electron chi connectivity index (χ2n) is 5.45. The molecule has 1 rings (SSSR count). The molecule has 0 amide bonds. The first kappa shape index (κ1) is 18.8. The van der Waals surface area contributed by atoms with Crippen LogP contribution in [0.4, 0.5) is 0 Å². The summed E-state index contributed by atoms with van der Waals surface area (Å²) < 4.78 is 0. The van der Waals surface area contributed by atoms with E-state index >= 15 is 0 Å². The van der Waals surface area contributed by atoms with E-state index in [4.69, 9.17) is 10.2 Å². The number of hydrogen-bond donors (Lipinski definition) is 4. The normalized spacial score (nSPS) is 17.9. The number of carboxylic acids is 2. The van der Waals surface area contributed by atoms with Crippen molar-refractivity contribution >= 4 is 11.9 Å². The number of piperazine rings is 1. The minimum absolute atomic E-state index is 0.0274. The Morgan fingerprint density at radius 2 is 1.70 bits per heavy atom. The van der Waals surface area contributed by atoms with Gasteiger partial charge in [-0.05, 0) is 20.9 Å². The molecule has 1 heterocycles. The van der Waals surface area contributed by atoms with Crippen molar-refractivity contribution in [2.45, 2.75) is 32.2 Å². The molecule has 1 aliphatic rings. The van der Waals surface area contributed by atoms with Gasteiger partial charge in [0, 0.05) is 38.3 Å². The number of nitrogens with one attached hydrogen (secondary N) is 2. The Balaban J connectivity index is 0.000000367. The number of rotatable bonds is 6. The van der Waals surface area contributed by atoms with Gasteiger partial charge in [-0.15, -0.1) is 0 Å². The van der Waals surface area contributed by atoms with E-state index in [2.05, 4.69) is 36.4 Å². The molecule has 0 aliphatic carbocycles. The van der Waals surface area contributed by atoms with Gasteiger partial charge in [-0.1, -0.05) is 0 Å². The summed E-state index contributed by atoms with van der Waals surface area (Å²) in [7, 11) is 2.18. The maximum Gasteiger partial charge on any atom is 0.304 e. The van der Waals surface area contributed by atoms with Crippen LogP contribution in [-0.2, 0) is 9.59 Å². The van der Waals surface area contributed by atoms with E-state index in [-0.39, 0.29) is 12.8 Å². The zero-order valence-electron chi connectivity index (χ0n) is 12.6. The molecular formula is C13H27N3O4. The van der Waals surface area contributed by atoms with Crippen LogP contribution in [0.3, 0.4) is 0 Å². The standard InChI is InChI=1S/C7H16N2.C6H11NO4/c1-7(2)6-8-4-5-9(7)3;8-5(9)1-3-7-4-2-6(10)11/h8H,4-6H2,1-3H3;7H,1-4H2,(H,8,9)(H,10,11). The smallest absolute Gasteiger partial charge is 0.304 e. The van der Waals surface area contributed by atoms with Crippen LogP contribution in [0.2, 0.25) is 0 Å². The van der Waals surface area contributed by atoms with Crippen LogP contribution >= 0.6 is 0 Å². The third-order valence-corrected chi connectivity index (χ3v) is 3.25. The van der Waals surface area contributed by atoms with E-state index in [0.29, 0.717) is 18.6 Å². The largest absolute Gasteiger partial charge is 0.481 e. The highest BCUT2D eigenvalue weighted by atomic mass is 16.4. The highest BCUT2D eigenvalue weighted by Crippen LogP contribution is 2.12. The molecule has 118 valence electrons. The molecule has 0 bridgehead atoms. The molecule has 4 N–H and O–H groups in total. The van der Waals surface area contributed by atoms with Crippen LogP contribution < -0.4 is 10.6 Å². The Kier molecular flexibility index (Phi) is 9.11. The summed E-state index contributed by atoms with van der Waals surface area (Å²) in [5.74, 6) is -1.76. The van der Waals surface area contributed by atoms with Crippen molar-refractivity contribution in [3.05, 3.63) is 0 Å². The maximum absolute atomic E-state index is 9.94. The van der Waals surface area contributed by atoms with Crippen molar-refractivity contribution in [2.24, 2.45) is 0 Å². The molecule has 20 heavy (non-hydrogen) atoms. The Labute approximate surface area is 120 Å². The number of carbonyl (C=O) groups is 2. The third kappa shape index (κ3) is 9.71. The first-order chi connectivity index (χ1) is 9.25. The molecule has 0 saturated carbocycles. The van der Waals surface area contributed by atoms with Crippen LogP contribution in [-0.4, -0.2) is 72.4 Å². The molecule has 0 aromatic carbocycles. The second kappa shape index (κ2) is 9.68. The topological polar surface area (TPSA) is 102 Å². The maximum atomic E-state index is 9.94. The van der Waals surface area contributed by atoms with Crippen molar-refractivity contribution < 1.29 is 19.8 Å². The van der Waals surface area contributed by atoms with Crippen LogP contribution in [0, 0.1) is 0 Å². The summed E-state index contributed by atoms with van der Waals surface area (Å²) in [6.45, 7) is 8.60. The second-order valence-corrected chi connectivity index (χ2v) is 5.45. The summed E-state index contributed by atoms with van der Waals surface area (Å²) >= 11 is 0. The molecular weight excluding hydrogens is 262 g/mol. The summed E-state index contributed by atoms with van der Waals surface area (Å²) in [4.78, 5) is 22.3. The zero-order chi connectivity index (χ0) is 15.6. The molecule has 1 saturated heterocycles. The van der Waals surface area contributed by atoms with Gasteiger partial charge >= 0.3 is 11.9 Å². The lowest BCUT2D eigenvalue weighted by Crippen LogP contribution is -2.55. The quantitative estimate of drug-likeness (QED) is 0.503. The van der Waals surface area contributed by atoms with Gasteiger partial charge in [-0.2, -0.15) is 0 Å². The van der Waals surface area contributed by atoms with Crippen molar-refractivity contribution in [3.63, 3.8) is 0 Å². The average Bonchev–Trinajstić information content (AvgIpc) is 2.32. The van der Waals surface area contributed by atoms with Crippen LogP contribution in [0.25, 0.3) is 0 Å². The van der Waals surface area contributed by atoms with E-state index in [1.54, 1.807) is 0 Å². The third-order valence-electron chi connectivity index (χ3n) is 3.25. The van der Waals surface area contributed by atoms with Crippen LogP contribution in [0.5, 0.6) is 0 Å². The highest BCUT2D eigenvalue weighted by Gasteiger charge is 2.25. The molecule has 7 heteroatoms. The zero-order valence-corrected chi connectivity index (χ0v) is 12.6. The number of hydrogen-bond acceptors (Lipinski definition) is 5. The Morgan fingerprint density at radius 3 is 2.00 bits per heavy atom. The van der Waals surface area contributed by atoms with Crippen molar-refractivity contribution in [1.82, 2.24) is 15.5 Å². The number of aliphatic carboxylic acids is 2. The number of likely N-dealkylation sites (N-methyl/N-ethyl adjacent to an activating group) is 1. The fraction of sp³-hybridized carbons (Fsp3) is 0.846. The van der Waals surface area contributed by atoms with Gasteiger partial charge in [0.15, 0.2) is 0 Å². The van der Waals surface area contributed by atoms with Gasteiger partial charge in [0.25, 0.3) is 0 Å². The highest BCUT2D eigenvalue weighted by molar-refractivity contribution is 5.67. The molecule has 0 radical (unpaired) electrons. The Bertz CT molecular complexity index is 292. The van der Waals surface area contributed by atoms with Crippen LogP contribution in [0.15, 0.2) is 0 Å². The Morgan fingerprint density at radius 1 is 1.20 bits per heavy atom. The molecule has 0 aromatic rings. The van der Waals surface area contributed by atoms with Gasteiger partial charge in [0.1, 0.15) is 0 Å². The van der Waals surface area contributed by atoms with Crippen LogP contribution in [0.1, 0.15) is 26.7 Å². The fourth-order valence-corrected chi connectivity index (χ4v) is 1.59. The summed E-state index contributed by atoms with van der Waals surface area (Å²) in [5.41, 5.74) is 0.359. The molecule has 0 unspecified atom stereocenters. The predicted molar refractivity (Wildman–Crippen MR) is 77.0 cm³/mol. The summed E-state index contributed by atoms with van der Waals surface area (Å²) in [6.07, 6.45) is 0.0548. The van der Waals surface area contributed by atoms with E-state index < -0.39 is 11.9 Å². The van der Waals surface area contributed by atoms with Gasteiger partial charge in [-0.3, -0.25) is 14.5 Å². The minimum atomic E-state index is -0.882. The molecule has 1 fully saturated rings. The first-order valence-corrected chi connectivity index (χ1v) is 6.82. The van der Waals surface area contributed by atoms with Gasteiger partial charge in [0.2, 0.25) is 0 Å². The average molecular weight is 289 g/mol. The SMILES string of the molecule is CN1CCNCC1(C)C.O=C(O)CCNCCC(=O)O. The molecule has 1 aliphatic heterocycles. The van der Waals surface area contributed by atoms with E-state index in [1.807, 2.05) is 0 Å². The lowest BCUT2D eigenvalue weighted by molar-refractivity contribution is -0.137. The van der Waals surface area contributed by atoms with E-state index in [0.717, 1.165) is 13.1 Å². The Hall–Kier alpha value is -1.18. The summed E-state index contributed by atoms with van der Waals surface area (Å²) in [5, 5.41) is 22.4. The molecule has 0 spiro atoms. The van der Waals surface area contributed by atoms with E-state index in [9.17, 15) is 9.59 Å². The molecule has 0 aromatic heterocycles. The van der Waals surface area contributed by atoms with E-state index in [1.165, 1.54) is 6.54 Å². The van der Waals surface area contributed by atoms with Gasteiger partial charge in [0.05, 0.1) is 12.8 Å². The molecule has 0 atom stereocenters. The minimum Gasteiger partial charge on any atom is -0.481 e. The summed E-state index contributed by atoms with van der Waals surface area (Å²) in [6, 6.07) is 0. The van der Waals surface area contributed by atoms with Gasteiger partial charge in [-0.25, -0.2) is 0 Å². The van der Waals surface area contributed by atoms with Crippen molar-refractivity contribution in [1.29, 1.82) is 0 Å². The lowest BCUT2D eigenvalue weighted by Gasteiger charge is -2.40. The fourth-order valence-electron chi connectivity index (χ4n) is 1.59. The lowest BCUT2D eigenvalue weighted by atomic mass is 10.0. The number of carboxylic acid groups (broad SMARTS) is 2. The molecule has 7 nitrogen and oxygen atoms in total. The predicted octanol–water partition coefficient (Wildman–Crippen LogP) is -0.175. The van der Waals surface area contributed by atoms with Crippen molar-refractivity contribution in [3.8, 4) is 0 Å². The first-order valence-electron chi connectivity index (χ1n) is 6.82. The monoisotopic (exact) mass is 289 g/mol. The number of nitrogens with zero attached hydrogens (tertiary/aromatic N) is 1.